The number of hydrogen-bond acceptors (Lipinski definition) is 4. The Balaban J connectivity index is 1.85. The van der Waals surface area contributed by atoms with Crippen LogP contribution < -0.4 is 5.32 Å². The van der Waals surface area contributed by atoms with Crippen LogP contribution in [0, 0.1) is 5.41 Å². The average molecular weight is 259 g/mol. The zero-order valence-corrected chi connectivity index (χ0v) is 11.8. The van der Waals surface area contributed by atoms with Crippen LogP contribution in [0.25, 0.3) is 11.0 Å². The van der Waals surface area contributed by atoms with Crippen molar-refractivity contribution >= 4 is 16.9 Å². The summed E-state index contributed by atoms with van der Waals surface area (Å²) in [5, 5.41) is 8.85. The van der Waals surface area contributed by atoms with Crippen LogP contribution >= 0.6 is 0 Å². The number of nitrogens with zero attached hydrogens (tertiary/aromatic N) is 4. The topological polar surface area (TPSA) is 55.6 Å². The lowest BCUT2D eigenvalue weighted by Gasteiger charge is -2.35. The van der Waals surface area contributed by atoms with Gasteiger partial charge in [0.05, 0.1) is 11.6 Å². The van der Waals surface area contributed by atoms with Gasteiger partial charge in [-0.3, -0.25) is 4.68 Å². The molecule has 1 saturated carbocycles. The SMILES string of the molecule is Cn1ncc2c(NC3CCCC(C)(C)C3)ncnc21. The number of rotatable bonds is 2. The maximum Gasteiger partial charge on any atom is 0.163 e. The van der Waals surface area contributed by atoms with Crippen molar-refractivity contribution in [1.82, 2.24) is 19.7 Å². The molecule has 1 N–H and O–H groups in total. The van der Waals surface area contributed by atoms with Gasteiger partial charge in [0.15, 0.2) is 5.65 Å². The Morgan fingerprint density at radius 3 is 3.00 bits per heavy atom. The fourth-order valence-corrected chi connectivity index (χ4v) is 3.09. The summed E-state index contributed by atoms with van der Waals surface area (Å²) >= 11 is 0. The largest absolute Gasteiger partial charge is 0.367 e. The van der Waals surface area contributed by atoms with E-state index in [-0.39, 0.29) is 0 Å². The monoisotopic (exact) mass is 259 g/mol. The van der Waals surface area contributed by atoms with Gasteiger partial charge in [0, 0.05) is 13.1 Å². The normalized spacial score (nSPS) is 22.6. The van der Waals surface area contributed by atoms with Crippen molar-refractivity contribution in [1.29, 1.82) is 0 Å². The molecule has 19 heavy (non-hydrogen) atoms. The molecular weight excluding hydrogens is 238 g/mol. The van der Waals surface area contributed by atoms with Crippen LogP contribution in [0.5, 0.6) is 0 Å². The lowest BCUT2D eigenvalue weighted by atomic mass is 9.75. The second-order valence-electron chi connectivity index (χ2n) is 6.33. The quantitative estimate of drug-likeness (QED) is 0.901. The molecule has 0 spiro atoms. The van der Waals surface area contributed by atoms with Gasteiger partial charge in [-0.05, 0) is 24.7 Å². The Kier molecular flexibility index (Phi) is 2.92. The molecule has 1 fully saturated rings. The van der Waals surface area contributed by atoms with E-state index in [1.807, 2.05) is 13.2 Å². The number of aryl methyl sites for hydroxylation is 1. The number of hydrogen-bond donors (Lipinski definition) is 1. The fraction of sp³-hybridized carbons (Fsp3) is 0.643. The number of fused-ring (bicyclic) bond motifs is 1. The van der Waals surface area contributed by atoms with Crippen molar-refractivity contribution in [2.24, 2.45) is 12.5 Å². The second-order valence-corrected chi connectivity index (χ2v) is 6.33. The Hall–Kier alpha value is -1.65. The molecule has 1 atom stereocenters. The van der Waals surface area contributed by atoms with Crippen LogP contribution in [0.1, 0.15) is 39.5 Å². The van der Waals surface area contributed by atoms with Gasteiger partial charge in [-0.15, -0.1) is 0 Å². The highest BCUT2D eigenvalue weighted by molar-refractivity contribution is 5.86. The lowest BCUT2D eigenvalue weighted by molar-refractivity contribution is 0.229. The highest BCUT2D eigenvalue weighted by Crippen LogP contribution is 2.36. The minimum absolute atomic E-state index is 0.428. The molecule has 1 aliphatic carbocycles. The van der Waals surface area contributed by atoms with Gasteiger partial charge in [-0.1, -0.05) is 20.3 Å². The molecular formula is C14H21N5. The molecule has 0 radical (unpaired) electrons. The van der Waals surface area contributed by atoms with Crippen LogP contribution in [-0.4, -0.2) is 25.8 Å². The van der Waals surface area contributed by atoms with E-state index < -0.39 is 0 Å². The van der Waals surface area contributed by atoms with E-state index in [4.69, 9.17) is 0 Å². The Bertz CT molecular complexity index is 587. The first kappa shape index (κ1) is 12.4. The summed E-state index contributed by atoms with van der Waals surface area (Å²) in [4.78, 5) is 8.66. The average Bonchev–Trinajstić information content (AvgIpc) is 2.71. The van der Waals surface area contributed by atoms with Gasteiger partial charge in [0.2, 0.25) is 0 Å². The van der Waals surface area contributed by atoms with Gasteiger partial charge < -0.3 is 5.32 Å². The van der Waals surface area contributed by atoms with E-state index in [1.165, 1.54) is 25.7 Å². The van der Waals surface area contributed by atoms with Gasteiger partial charge in [0.1, 0.15) is 12.1 Å². The van der Waals surface area contributed by atoms with E-state index in [0.717, 1.165) is 16.9 Å². The molecule has 0 amide bonds. The maximum atomic E-state index is 4.39. The number of nitrogens with one attached hydrogen (secondary N) is 1. The lowest BCUT2D eigenvalue weighted by Crippen LogP contribution is -2.32. The fourth-order valence-electron chi connectivity index (χ4n) is 3.09. The Morgan fingerprint density at radius 2 is 2.21 bits per heavy atom. The minimum atomic E-state index is 0.428. The van der Waals surface area contributed by atoms with Gasteiger partial charge >= 0.3 is 0 Å². The zero-order valence-electron chi connectivity index (χ0n) is 11.8. The van der Waals surface area contributed by atoms with Crippen LogP contribution in [0.15, 0.2) is 12.5 Å². The van der Waals surface area contributed by atoms with Crippen molar-refractivity contribution in [2.75, 3.05) is 5.32 Å². The van der Waals surface area contributed by atoms with Gasteiger partial charge in [0.25, 0.3) is 0 Å². The Morgan fingerprint density at radius 1 is 1.37 bits per heavy atom. The summed E-state index contributed by atoms with van der Waals surface area (Å²) < 4.78 is 1.78. The van der Waals surface area contributed by atoms with Crippen LogP contribution in [0.3, 0.4) is 0 Å². The minimum Gasteiger partial charge on any atom is -0.367 e. The summed E-state index contributed by atoms with van der Waals surface area (Å²) in [6.07, 6.45) is 8.46. The van der Waals surface area contributed by atoms with Gasteiger partial charge in [-0.25, -0.2) is 9.97 Å². The molecule has 1 aliphatic rings. The molecule has 2 heterocycles. The molecule has 0 bridgehead atoms. The first-order valence-corrected chi connectivity index (χ1v) is 6.94. The third-order valence-corrected chi connectivity index (χ3v) is 4.08. The van der Waals surface area contributed by atoms with Crippen LogP contribution in [-0.2, 0) is 7.05 Å². The number of anilines is 1. The standard InChI is InChI=1S/C14H21N5/c1-14(2)6-4-5-10(7-14)18-12-11-8-17-19(3)13(11)16-9-15-12/h8-10H,4-7H2,1-3H3,(H,15,16,18). The van der Waals surface area contributed by atoms with E-state index in [2.05, 4.69) is 34.2 Å². The molecule has 2 aromatic rings. The molecule has 5 nitrogen and oxygen atoms in total. The predicted octanol–water partition coefficient (Wildman–Crippen LogP) is 2.74. The summed E-state index contributed by atoms with van der Waals surface area (Å²) in [5.74, 6) is 0.917. The van der Waals surface area contributed by atoms with Crippen molar-refractivity contribution in [2.45, 2.75) is 45.6 Å². The molecule has 0 saturated heterocycles. The second kappa shape index (κ2) is 4.47. The molecule has 0 aromatic carbocycles. The molecule has 102 valence electrons. The third kappa shape index (κ3) is 2.41. The summed E-state index contributed by atoms with van der Waals surface area (Å²) in [7, 11) is 1.91. The van der Waals surface area contributed by atoms with E-state index in [1.54, 1.807) is 11.0 Å². The highest BCUT2D eigenvalue weighted by atomic mass is 15.3. The molecule has 2 aromatic heterocycles. The Labute approximate surface area is 113 Å². The zero-order chi connectivity index (χ0) is 13.5. The third-order valence-electron chi connectivity index (χ3n) is 4.08. The summed E-state index contributed by atoms with van der Waals surface area (Å²) in [5.41, 5.74) is 1.31. The van der Waals surface area contributed by atoms with Gasteiger partial charge in [-0.2, -0.15) is 5.10 Å². The number of aromatic nitrogens is 4. The van der Waals surface area contributed by atoms with E-state index in [0.29, 0.717) is 11.5 Å². The van der Waals surface area contributed by atoms with Crippen molar-refractivity contribution < 1.29 is 0 Å². The predicted molar refractivity (Wildman–Crippen MR) is 76.0 cm³/mol. The van der Waals surface area contributed by atoms with Crippen molar-refractivity contribution in [3.8, 4) is 0 Å². The summed E-state index contributed by atoms with van der Waals surface area (Å²) in [6.45, 7) is 4.70. The van der Waals surface area contributed by atoms with Crippen LogP contribution in [0.4, 0.5) is 5.82 Å². The molecule has 3 rings (SSSR count). The maximum absolute atomic E-state index is 4.39. The smallest absolute Gasteiger partial charge is 0.163 e. The first-order valence-electron chi connectivity index (χ1n) is 6.94. The van der Waals surface area contributed by atoms with Crippen LogP contribution in [0.2, 0.25) is 0 Å². The first-order chi connectivity index (χ1) is 9.05. The summed E-state index contributed by atoms with van der Waals surface area (Å²) in [6, 6.07) is 0.502. The van der Waals surface area contributed by atoms with E-state index >= 15 is 0 Å². The van der Waals surface area contributed by atoms with Crippen molar-refractivity contribution in [3.63, 3.8) is 0 Å². The highest BCUT2D eigenvalue weighted by Gasteiger charge is 2.28. The molecule has 5 heteroatoms. The molecule has 0 aliphatic heterocycles. The van der Waals surface area contributed by atoms with E-state index in [9.17, 15) is 0 Å². The molecule has 1 unspecified atom stereocenters. The van der Waals surface area contributed by atoms with Crippen molar-refractivity contribution in [3.05, 3.63) is 12.5 Å².